The molecule has 1 aromatic rings. The molecule has 1 aromatic heterocycles. The summed E-state index contributed by atoms with van der Waals surface area (Å²) in [6.07, 6.45) is 4.12. The Morgan fingerprint density at radius 2 is 2.07 bits per heavy atom. The maximum Gasteiger partial charge on any atom is 0.236 e. The molecule has 0 unspecified atom stereocenters. The van der Waals surface area contributed by atoms with Gasteiger partial charge in [-0.1, -0.05) is 30.5 Å². The Balaban J connectivity index is 2.17. The number of anilines is 1. The summed E-state index contributed by atoms with van der Waals surface area (Å²) in [5.41, 5.74) is 0.738. The van der Waals surface area contributed by atoms with E-state index in [-0.39, 0.29) is 11.3 Å². The van der Waals surface area contributed by atoms with Crippen molar-refractivity contribution in [2.45, 2.75) is 31.1 Å². The molecule has 1 aliphatic carbocycles. The van der Waals surface area contributed by atoms with Gasteiger partial charge in [0.15, 0.2) is 0 Å². The van der Waals surface area contributed by atoms with Crippen molar-refractivity contribution in [3.05, 3.63) is 22.8 Å². The van der Waals surface area contributed by atoms with E-state index >= 15 is 0 Å². The first kappa shape index (κ1) is 9.16. The van der Waals surface area contributed by atoms with E-state index in [2.05, 4.69) is 10.3 Å². The van der Waals surface area contributed by atoms with E-state index in [1.54, 1.807) is 6.07 Å². The summed E-state index contributed by atoms with van der Waals surface area (Å²) in [6, 6.07) is 3.70. The molecule has 3 nitrogen and oxygen atoms in total. The quantitative estimate of drug-likeness (QED) is 0.686. The minimum absolute atomic E-state index is 0.102. The zero-order valence-electron chi connectivity index (χ0n) is 8.22. The smallest absolute Gasteiger partial charge is 0.236 e. The van der Waals surface area contributed by atoms with Crippen molar-refractivity contribution in [2.24, 2.45) is 0 Å². The Morgan fingerprint density at radius 1 is 1.33 bits per heavy atom. The van der Waals surface area contributed by atoms with E-state index in [0.717, 1.165) is 31.2 Å². The molecule has 4 heteroatoms. The summed E-state index contributed by atoms with van der Waals surface area (Å²) in [5, 5.41) is 3.27. The van der Waals surface area contributed by atoms with Gasteiger partial charge in [0.05, 0.1) is 5.41 Å². The van der Waals surface area contributed by atoms with Crippen molar-refractivity contribution in [2.75, 3.05) is 5.32 Å². The second kappa shape index (κ2) is 2.95. The van der Waals surface area contributed by atoms with Crippen LogP contribution in [0, 0.1) is 0 Å². The molecule has 1 spiro atoms. The van der Waals surface area contributed by atoms with E-state index in [0.29, 0.717) is 11.0 Å². The fraction of sp³-hybridized carbons (Fsp3) is 0.455. The third-order valence-electron chi connectivity index (χ3n) is 3.50. The summed E-state index contributed by atoms with van der Waals surface area (Å²) in [6.45, 7) is 0. The van der Waals surface area contributed by atoms with Crippen LogP contribution in [0.4, 0.5) is 5.82 Å². The molecule has 15 heavy (non-hydrogen) atoms. The second-order valence-electron chi connectivity index (χ2n) is 4.27. The third kappa shape index (κ3) is 1.13. The predicted octanol–water partition coefficient (Wildman–Crippen LogP) is 2.50. The van der Waals surface area contributed by atoms with Gasteiger partial charge in [-0.3, -0.25) is 4.79 Å². The number of amides is 1. The number of aromatic nitrogens is 1. The summed E-state index contributed by atoms with van der Waals surface area (Å²) in [7, 11) is 0. The van der Waals surface area contributed by atoms with Crippen molar-refractivity contribution in [1.29, 1.82) is 0 Å². The van der Waals surface area contributed by atoms with Crippen LogP contribution in [0.2, 0.25) is 5.15 Å². The molecule has 1 saturated carbocycles. The number of halogens is 1. The lowest BCUT2D eigenvalue weighted by molar-refractivity contribution is -0.120. The molecule has 1 amide bonds. The van der Waals surface area contributed by atoms with Gasteiger partial charge in [0.1, 0.15) is 11.0 Å². The lowest BCUT2D eigenvalue weighted by atomic mass is 9.81. The topological polar surface area (TPSA) is 42.0 Å². The normalized spacial score (nSPS) is 21.8. The van der Waals surface area contributed by atoms with Crippen molar-refractivity contribution in [3.63, 3.8) is 0 Å². The highest BCUT2D eigenvalue weighted by molar-refractivity contribution is 6.29. The number of carbonyl (C=O) groups is 1. The number of nitrogens with zero attached hydrogens (tertiary/aromatic N) is 1. The van der Waals surface area contributed by atoms with Gasteiger partial charge in [-0.25, -0.2) is 4.98 Å². The Kier molecular flexibility index (Phi) is 1.80. The third-order valence-corrected chi connectivity index (χ3v) is 3.71. The first-order valence-corrected chi connectivity index (χ1v) is 5.59. The Morgan fingerprint density at radius 3 is 2.80 bits per heavy atom. The van der Waals surface area contributed by atoms with Crippen molar-refractivity contribution >= 4 is 23.3 Å². The summed E-state index contributed by atoms with van der Waals surface area (Å²) in [4.78, 5) is 16.1. The molecule has 2 aliphatic rings. The highest BCUT2D eigenvalue weighted by Crippen LogP contribution is 2.48. The zero-order valence-corrected chi connectivity index (χ0v) is 8.97. The van der Waals surface area contributed by atoms with Crippen molar-refractivity contribution in [3.8, 4) is 0 Å². The van der Waals surface area contributed by atoms with E-state index in [1.807, 2.05) is 6.07 Å². The van der Waals surface area contributed by atoms with E-state index in [1.165, 1.54) is 0 Å². The van der Waals surface area contributed by atoms with Crippen LogP contribution in [0.1, 0.15) is 31.2 Å². The number of pyridine rings is 1. The number of nitrogens with one attached hydrogen (secondary N) is 1. The molecule has 0 radical (unpaired) electrons. The molecule has 78 valence electrons. The van der Waals surface area contributed by atoms with Crippen LogP contribution in [-0.4, -0.2) is 10.9 Å². The Bertz CT molecular complexity index is 438. The predicted molar refractivity (Wildman–Crippen MR) is 58.0 cm³/mol. The number of fused-ring (bicyclic) bond motifs is 2. The number of rotatable bonds is 0. The van der Waals surface area contributed by atoms with E-state index in [4.69, 9.17) is 11.6 Å². The summed E-state index contributed by atoms with van der Waals surface area (Å²) >= 11 is 5.80. The van der Waals surface area contributed by atoms with Crippen LogP contribution in [0.25, 0.3) is 0 Å². The fourth-order valence-corrected chi connectivity index (χ4v) is 2.89. The van der Waals surface area contributed by atoms with Crippen LogP contribution in [-0.2, 0) is 10.2 Å². The van der Waals surface area contributed by atoms with Crippen LogP contribution in [0.5, 0.6) is 0 Å². The molecule has 2 heterocycles. The van der Waals surface area contributed by atoms with Gasteiger partial charge in [-0.2, -0.15) is 0 Å². The van der Waals surface area contributed by atoms with Gasteiger partial charge in [0, 0.05) is 5.56 Å². The van der Waals surface area contributed by atoms with Gasteiger partial charge in [-0.15, -0.1) is 0 Å². The van der Waals surface area contributed by atoms with Gasteiger partial charge < -0.3 is 5.32 Å². The maximum atomic E-state index is 12.0. The molecule has 0 saturated heterocycles. The molecule has 3 rings (SSSR count). The minimum atomic E-state index is -0.299. The van der Waals surface area contributed by atoms with Crippen LogP contribution >= 0.6 is 11.6 Å². The molecular weight excluding hydrogens is 212 g/mol. The van der Waals surface area contributed by atoms with Gasteiger partial charge >= 0.3 is 0 Å². The lowest BCUT2D eigenvalue weighted by Crippen LogP contribution is -2.30. The average molecular weight is 223 g/mol. The molecule has 1 fully saturated rings. The first-order chi connectivity index (χ1) is 7.22. The van der Waals surface area contributed by atoms with Gasteiger partial charge in [-0.05, 0) is 18.9 Å². The Labute approximate surface area is 92.8 Å². The fourth-order valence-electron chi connectivity index (χ4n) is 2.74. The lowest BCUT2D eigenvalue weighted by Gasteiger charge is -2.19. The molecule has 1 aliphatic heterocycles. The van der Waals surface area contributed by atoms with Crippen LogP contribution < -0.4 is 5.32 Å². The largest absolute Gasteiger partial charge is 0.310 e. The SMILES string of the molecule is O=C1Nc2nc(Cl)ccc2C12CCCC2. The van der Waals surface area contributed by atoms with Crippen molar-refractivity contribution in [1.82, 2.24) is 4.98 Å². The van der Waals surface area contributed by atoms with Gasteiger partial charge in [0.25, 0.3) is 0 Å². The zero-order chi connectivity index (χ0) is 10.5. The first-order valence-electron chi connectivity index (χ1n) is 5.21. The highest BCUT2D eigenvalue weighted by Gasteiger charge is 2.48. The maximum absolute atomic E-state index is 12.0. The summed E-state index contributed by atoms with van der Waals surface area (Å²) < 4.78 is 0. The van der Waals surface area contributed by atoms with Crippen LogP contribution in [0.15, 0.2) is 12.1 Å². The Hall–Kier alpha value is -1.09. The average Bonchev–Trinajstić information content (AvgIpc) is 2.76. The van der Waals surface area contributed by atoms with Crippen LogP contribution in [0.3, 0.4) is 0 Å². The number of carbonyl (C=O) groups excluding carboxylic acids is 1. The molecule has 0 bridgehead atoms. The molecule has 1 N–H and O–H groups in total. The van der Waals surface area contributed by atoms with E-state index < -0.39 is 0 Å². The highest BCUT2D eigenvalue weighted by atomic mass is 35.5. The van der Waals surface area contributed by atoms with Gasteiger partial charge in [0.2, 0.25) is 5.91 Å². The standard InChI is InChI=1S/C11H11ClN2O/c12-8-4-3-7-9(13-8)14-10(15)11(7)5-1-2-6-11/h3-4H,1-2,5-6H2,(H,13,14,15). The molecular formula is C11H11ClN2O. The number of hydrogen-bond donors (Lipinski definition) is 1. The van der Waals surface area contributed by atoms with E-state index in [9.17, 15) is 4.79 Å². The second-order valence-corrected chi connectivity index (χ2v) is 4.66. The monoisotopic (exact) mass is 222 g/mol. The number of hydrogen-bond acceptors (Lipinski definition) is 2. The summed E-state index contributed by atoms with van der Waals surface area (Å²) in [5.74, 6) is 0.763. The molecule has 0 atom stereocenters. The van der Waals surface area contributed by atoms with Crippen molar-refractivity contribution < 1.29 is 4.79 Å². The molecule has 0 aromatic carbocycles. The minimum Gasteiger partial charge on any atom is -0.310 e.